The molecule has 21 nitrogen and oxygen atoms in total. The van der Waals surface area contributed by atoms with Crippen molar-refractivity contribution in [2.75, 3.05) is 19.7 Å². The van der Waals surface area contributed by atoms with Gasteiger partial charge in [0.2, 0.25) is 29.5 Å². The number of carbonyl (C=O) groups excluding carboxylic acids is 5. The summed E-state index contributed by atoms with van der Waals surface area (Å²) in [5.41, 5.74) is 11.2. The van der Waals surface area contributed by atoms with Crippen molar-refractivity contribution < 1.29 is 69.0 Å². The number of nitrogens with one attached hydrogen (secondary N) is 5. The molecule has 0 radical (unpaired) electrons. The summed E-state index contributed by atoms with van der Waals surface area (Å²) in [5, 5.41) is 66.1. The monoisotopic (exact) mass is 880 g/mol. The average Bonchev–Trinajstić information content (AvgIpc) is 3.17. The van der Waals surface area contributed by atoms with Gasteiger partial charge in [0, 0.05) is 20.3 Å². The van der Waals surface area contributed by atoms with Gasteiger partial charge in [-0.05, 0) is 65.5 Å². The van der Waals surface area contributed by atoms with Gasteiger partial charge >= 0.3 is 5.97 Å². The number of hydrogen-bond acceptors (Lipinski definition) is 13. The minimum Gasteiger partial charge on any atom is -0.481 e. The Balaban J connectivity index is -0.00000383. The Morgan fingerprint density at radius 2 is 0.852 bits per heavy atom. The standard InChI is InChI=1S/C36H69N7O10.2C2H4O2/c1-4-5-6-7-8-9-10-11-12-13-14-20-29(47)39-26(18-15-16-21-37)33(49)42-31(25(3)46)35(51)43-30(24(2)45)34(50)40-27(19-17-22-38)32(48)41-28(23-44)36(52)53;2*1-2(3)4/h24-28,30-31,44-46H,4-23,37-38H2,1-3H3,(H,39,47)(H,40,50)(H,41,48)(H,42,49)(H,43,51)(H,52,53);2*1H3,(H,3,4)/t24-,25-,26+,27+,28+,30+,31+;;/m1../s1. The van der Waals surface area contributed by atoms with Crippen molar-refractivity contribution in [1.82, 2.24) is 26.6 Å². The van der Waals surface area contributed by atoms with Crippen LogP contribution in [0, 0.1) is 0 Å². The molecule has 5 amide bonds. The highest BCUT2D eigenvalue weighted by Gasteiger charge is 2.35. The molecule has 0 aromatic rings. The maximum atomic E-state index is 13.4. The van der Waals surface area contributed by atoms with Gasteiger partial charge in [0.05, 0.1) is 18.8 Å². The summed E-state index contributed by atoms with van der Waals surface area (Å²) in [4.78, 5) is 94.8. The molecule has 0 aliphatic heterocycles. The Morgan fingerprint density at radius 3 is 1.26 bits per heavy atom. The minimum atomic E-state index is -1.67. The van der Waals surface area contributed by atoms with Crippen LogP contribution in [0.4, 0.5) is 0 Å². The van der Waals surface area contributed by atoms with Gasteiger partial charge in [0.25, 0.3) is 11.9 Å². The van der Waals surface area contributed by atoms with Crippen LogP contribution in [0.2, 0.25) is 0 Å². The molecular weight excluding hydrogens is 802 g/mol. The van der Waals surface area contributed by atoms with E-state index in [0.29, 0.717) is 25.8 Å². The number of aliphatic carboxylic acids is 3. The van der Waals surface area contributed by atoms with Gasteiger partial charge in [-0.3, -0.25) is 33.6 Å². The second kappa shape index (κ2) is 38.5. The Kier molecular flexibility index (Phi) is 38.4. The lowest BCUT2D eigenvalue weighted by Gasteiger charge is -2.29. The van der Waals surface area contributed by atoms with Crippen LogP contribution in [-0.2, 0) is 38.4 Å². The predicted molar refractivity (Wildman–Crippen MR) is 227 cm³/mol. The number of nitrogens with two attached hydrogens (primary N) is 2. The summed E-state index contributed by atoms with van der Waals surface area (Å²) >= 11 is 0. The quantitative estimate of drug-likeness (QED) is 0.0396. The van der Waals surface area contributed by atoms with Gasteiger partial charge in [-0.2, -0.15) is 0 Å². The van der Waals surface area contributed by atoms with Gasteiger partial charge in [-0.1, -0.05) is 71.1 Å². The van der Waals surface area contributed by atoms with E-state index in [9.17, 15) is 49.2 Å². The van der Waals surface area contributed by atoms with Gasteiger partial charge in [-0.15, -0.1) is 0 Å². The van der Waals surface area contributed by atoms with Crippen LogP contribution in [0.5, 0.6) is 0 Å². The lowest BCUT2D eigenvalue weighted by molar-refractivity contribution is -0.143. The van der Waals surface area contributed by atoms with E-state index in [2.05, 4.69) is 33.5 Å². The summed E-state index contributed by atoms with van der Waals surface area (Å²) in [6, 6.07) is -7.28. The lowest BCUT2D eigenvalue weighted by atomic mass is 10.0. The highest BCUT2D eigenvalue weighted by molar-refractivity contribution is 5.96. The van der Waals surface area contributed by atoms with Gasteiger partial charge in [0.15, 0.2) is 0 Å². The predicted octanol–water partition coefficient (Wildman–Crippen LogP) is -0.000300. The lowest BCUT2D eigenvalue weighted by Crippen LogP contribution is -2.62. The fraction of sp³-hybridized carbons (Fsp3) is 0.800. The molecule has 0 aromatic carbocycles. The van der Waals surface area contributed by atoms with E-state index in [0.717, 1.165) is 33.1 Å². The molecule has 0 saturated heterocycles. The van der Waals surface area contributed by atoms with E-state index in [-0.39, 0.29) is 38.1 Å². The van der Waals surface area contributed by atoms with Crippen LogP contribution in [0.1, 0.15) is 144 Å². The molecule has 61 heavy (non-hydrogen) atoms. The number of hydrogen-bond donors (Lipinski definition) is 13. The molecule has 356 valence electrons. The Bertz CT molecular complexity index is 1250. The zero-order valence-corrected chi connectivity index (χ0v) is 36.8. The van der Waals surface area contributed by atoms with E-state index in [1.807, 2.05) is 0 Å². The van der Waals surface area contributed by atoms with Gasteiger partial charge < -0.3 is 68.7 Å². The van der Waals surface area contributed by atoms with Crippen molar-refractivity contribution in [3.8, 4) is 0 Å². The first-order valence-electron chi connectivity index (χ1n) is 21.2. The van der Waals surface area contributed by atoms with Crippen LogP contribution >= 0.6 is 0 Å². The highest BCUT2D eigenvalue weighted by Crippen LogP contribution is 2.12. The summed E-state index contributed by atoms with van der Waals surface area (Å²) in [6.45, 7) is 6.39. The first-order valence-corrected chi connectivity index (χ1v) is 21.2. The molecule has 0 bridgehead atoms. The van der Waals surface area contributed by atoms with Crippen LogP contribution in [-0.4, -0.2) is 140 Å². The van der Waals surface area contributed by atoms with Crippen molar-refractivity contribution in [1.29, 1.82) is 0 Å². The molecule has 0 unspecified atom stereocenters. The molecule has 0 saturated carbocycles. The number of carboxylic acids is 3. The molecule has 0 fully saturated rings. The van der Waals surface area contributed by atoms with E-state index >= 15 is 0 Å². The number of unbranched alkanes of at least 4 members (excludes halogenated alkanes) is 11. The fourth-order valence-electron chi connectivity index (χ4n) is 5.60. The Hall–Kier alpha value is -4.44. The maximum Gasteiger partial charge on any atom is 0.328 e. The Morgan fingerprint density at radius 1 is 0.492 bits per heavy atom. The normalized spacial score (nSPS) is 14.0. The number of carboxylic acid groups (broad SMARTS) is 3. The zero-order valence-electron chi connectivity index (χ0n) is 36.8. The van der Waals surface area contributed by atoms with Gasteiger partial charge in [0.1, 0.15) is 30.2 Å². The molecular formula is C40H77N7O14. The molecule has 21 heteroatoms. The average molecular weight is 880 g/mol. The first-order chi connectivity index (χ1) is 28.7. The number of amides is 5. The summed E-state index contributed by atoms with van der Waals surface area (Å²) in [5.74, 6) is -7.22. The smallest absolute Gasteiger partial charge is 0.328 e. The topological polar surface area (TPSA) is 370 Å². The molecule has 0 aromatic heterocycles. The second-order valence-electron chi connectivity index (χ2n) is 14.8. The van der Waals surface area contributed by atoms with Crippen molar-refractivity contribution in [2.24, 2.45) is 11.5 Å². The molecule has 0 spiro atoms. The number of carbonyl (C=O) groups is 8. The summed E-state index contributed by atoms with van der Waals surface area (Å²) in [6.07, 6.45) is 11.2. The zero-order chi connectivity index (χ0) is 47.3. The molecule has 0 aliphatic rings. The van der Waals surface area contributed by atoms with Crippen molar-refractivity contribution in [3.63, 3.8) is 0 Å². The Labute approximate surface area is 359 Å². The van der Waals surface area contributed by atoms with Crippen LogP contribution in [0.15, 0.2) is 0 Å². The van der Waals surface area contributed by atoms with Crippen LogP contribution in [0.3, 0.4) is 0 Å². The highest BCUT2D eigenvalue weighted by atomic mass is 16.4. The third-order valence-corrected chi connectivity index (χ3v) is 8.86. The first kappa shape index (κ1) is 60.9. The SMILES string of the molecule is CC(=O)O.CC(=O)O.CCCCCCCCCCCCCC(=O)N[C@@H](CCCCN)C(=O)N[C@H](C(=O)N[C@H](C(=O)N[C@@H](CCCN)C(=O)N[C@@H](CO)C(=O)O)[C@@H](C)O)[C@@H](C)O. The van der Waals surface area contributed by atoms with Crippen LogP contribution in [0.25, 0.3) is 0 Å². The number of rotatable bonds is 32. The molecule has 7 atom stereocenters. The third kappa shape index (κ3) is 34.9. The molecule has 0 rings (SSSR count). The fourth-order valence-corrected chi connectivity index (χ4v) is 5.60. The van der Waals surface area contributed by atoms with Crippen molar-refractivity contribution in [3.05, 3.63) is 0 Å². The number of aliphatic hydroxyl groups excluding tert-OH is 3. The number of aliphatic hydroxyl groups is 3. The molecule has 0 heterocycles. The second-order valence-corrected chi connectivity index (χ2v) is 14.8. The molecule has 0 aliphatic carbocycles. The molecule has 15 N–H and O–H groups in total. The minimum absolute atomic E-state index is 0.0325. The van der Waals surface area contributed by atoms with Gasteiger partial charge in [-0.25, -0.2) is 4.79 Å². The van der Waals surface area contributed by atoms with E-state index in [1.165, 1.54) is 58.8 Å². The van der Waals surface area contributed by atoms with E-state index < -0.39 is 90.6 Å². The van der Waals surface area contributed by atoms with Crippen molar-refractivity contribution in [2.45, 2.75) is 186 Å². The van der Waals surface area contributed by atoms with E-state index in [1.54, 1.807) is 0 Å². The maximum absolute atomic E-state index is 13.4. The largest absolute Gasteiger partial charge is 0.481 e. The van der Waals surface area contributed by atoms with Crippen LogP contribution < -0.4 is 38.1 Å². The third-order valence-electron chi connectivity index (χ3n) is 8.86. The van der Waals surface area contributed by atoms with Crippen molar-refractivity contribution >= 4 is 47.4 Å². The summed E-state index contributed by atoms with van der Waals surface area (Å²) < 4.78 is 0. The summed E-state index contributed by atoms with van der Waals surface area (Å²) in [7, 11) is 0. The van der Waals surface area contributed by atoms with E-state index in [4.69, 9.17) is 31.3 Å².